The van der Waals surface area contributed by atoms with Crippen LogP contribution in [-0.2, 0) is 15.8 Å². The zero-order valence-electron chi connectivity index (χ0n) is 14.1. The van der Waals surface area contributed by atoms with Gasteiger partial charge in [0.1, 0.15) is 5.76 Å². The second kappa shape index (κ2) is 7.37. The maximum Gasteiger partial charge on any atom is 0.276 e. The zero-order valence-corrected chi connectivity index (χ0v) is 14.9. The highest BCUT2D eigenvalue weighted by molar-refractivity contribution is 7.88. The Morgan fingerprint density at radius 3 is 2.60 bits per heavy atom. The van der Waals surface area contributed by atoms with E-state index in [-0.39, 0.29) is 23.9 Å². The molecule has 0 saturated carbocycles. The first-order valence-electron chi connectivity index (χ1n) is 8.20. The molecule has 1 aromatic heterocycles. The van der Waals surface area contributed by atoms with Gasteiger partial charge in [-0.2, -0.15) is 4.31 Å². The molecule has 0 spiro atoms. The minimum absolute atomic E-state index is 0.0235. The first-order chi connectivity index (χ1) is 12.0. The van der Waals surface area contributed by atoms with E-state index in [1.807, 2.05) is 18.2 Å². The van der Waals surface area contributed by atoms with Crippen LogP contribution in [0.5, 0.6) is 0 Å². The number of hydrogen-bond acceptors (Lipinski definition) is 5. The number of aromatic nitrogens is 1. The number of benzene rings is 1. The molecule has 1 saturated heterocycles. The lowest BCUT2D eigenvalue weighted by Gasteiger charge is -2.21. The van der Waals surface area contributed by atoms with Gasteiger partial charge in [-0.15, -0.1) is 0 Å². The molecule has 3 rings (SSSR count). The van der Waals surface area contributed by atoms with Gasteiger partial charge >= 0.3 is 0 Å². The normalized spacial score (nSPS) is 16.6. The molecule has 0 unspecified atom stereocenters. The van der Waals surface area contributed by atoms with Crippen molar-refractivity contribution in [2.24, 2.45) is 0 Å². The lowest BCUT2D eigenvalue weighted by atomic mass is 10.2. The van der Waals surface area contributed by atoms with E-state index in [1.165, 1.54) is 4.31 Å². The fourth-order valence-electron chi connectivity index (χ4n) is 2.88. The molecule has 1 amide bonds. The van der Waals surface area contributed by atoms with E-state index in [4.69, 9.17) is 4.52 Å². The molecular weight excluding hydrogens is 342 g/mol. The summed E-state index contributed by atoms with van der Waals surface area (Å²) in [4.78, 5) is 14.1. The van der Waals surface area contributed by atoms with E-state index in [0.717, 1.165) is 5.56 Å². The first-order valence-corrected chi connectivity index (χ1v) is 9.81. The SMILES string of the molecule is Cc1cc(C(=O)N2CCCN(S(=O)(=O)Cc3ccccc3)CC2)no1. The molecule has 1 aromatic carbocycles. The van der Waals surface area contributed by atoms with Crippen molar-refractivity contribution in [3.8, 4) is 0 Å². The van der Waals surface area contributed by atoms with Gasteiger partial charge in [-0.1, -0.05) is 35.5 Å². The van der Waals surface area contributed by atoms with Crippen molar-refractivity contribution in [1.82, 2.24) is 14.4 Å². The molecular formula is C17H21N3O4S. The molecule has 0 radical (unpaired) electrons. The Morgan fingerprint density at radius 1 is 1.16 bits per heavy atom. The van der Waals surface area contributed by atoms with E-state index < -0.39 is 10.0 Å². The van der Waals surface area contributed by atoms with E-state index >= 15 is 0 Å². The molecule has 1 aliphatic heterocycles. The highest BCUT2D eigenvalue weighted by atomic mass is 32.2. The van der Waals surface area contributed by atoms with Gasteiger partial charge in [-0.05, 0) is 18.9 Å². The summed E-state index contributed by atoms with van der Waals surface area (Å²) < 4.78 is 31.7. The van der Waals surface area contributed by atoms with Crippen molar-refractivity contribution in [2.45, 2.75) is 19.1 Å². The molecule has 2 aromatic rings. The third-order valence-electron chi connectivity index (χ3n) is 4.17. The van der Waals surface area contributed by atoms with Crippen LogP contribution in [0.15, 0.2) is 40.9 Å². The standard InChI is InChI=1S/C17H21N3O4S/c1-14-12-16(18-24-14)17(21)19-8-5-9-20(11-10-19)25(22,23)13-15-6-3-2-4-7-15/h2-4,6-7,12H,5,8-11,13H2,1H3. The van der Waals surface area contributed by atoms with Crippen LogP contribution in [0.2, 0.25) is 0 Å². The largest absolute Gasteiger partial charge is 0.361 e. The summed E-state index contributed by atoms with van der Waals surface area (Å²) in [6, 6.07) is 10.7. The molecule has 0 N–H and O–H groups in total. The highest BCUT2D eigenvalue weighted by Gasteiger charge is 2.28. The molecule has 8 heteroatoms. The van der Waals surface area contributed by atoms with E-state index in [1.54, 1.807) is 30.0 Å². The predicted octanol–water partition coefficient (Wildman–Crippen LogP) is 1.66. The smallest absolute Gasteiger partial charge is 0.276 e. The van der Waals surface area contributed by atoms with Crippen molar-refractivity contribution in [2.75, 3.05) is 26.2 Å². The number of carbonyl (C=O) groups is 1. The predicted molar refractivity (Wildman–Crippen MR) is 92.4 cm³/mol. The number of sulfonamides is 1. The second-order valence-corrected chi connectivity index (χ2v) is 8.08. The summed E-state index contributed by atoms with van der Waals surface area (Å²) in [5, 5.41) is 3.75. The summed E-state index contributed by atoms with van der Waals surface area (Å²) in [5.74, 6) is 0.328. The molecule has 7 nitrogen and oxygen atoms in total. The van der Waals surface area contributed by atoms with Crippen LogP contribution in [0, 0.1) is 6.92 Å². The maximum absolute atomic E-state index is 12.7. The summed E-state index contributed by atoms with van der Waals surface area (Å²) >= 11 is 0. The number of carbonyl (C=O) groups excluding carboxylic acids is 1. The summed E-state index contributed by atoms with van der Waals surface area (Å²) in [6.07, 6.45) is 0.594. The van der Waals surface area contributed by atoms with E-state index in [2.05, 4.69) is 5.16 Å². The van der Waals surface area contributed by atoms with Crippen molar-refractivity contribution in [3.05, 3.63) is 53.4 Å². The van der Waals surface area contributed by atoms with Crippen LogP contribution in [0.3, 0.4) is 0 Å². The third kappa shape index (κ3) is 4.26. The lowest BCUT2D eigenvalue weighted by Crippen LogP contribution is -2.37. The molecule has 134 valence electrons. The summed E-state index contributed by atoms with van der Waals surface area (Å²) in [7, 11) is -3.41. The fourth-order valence-corrected chi connectivity index (χ4v) is 4.44. The van der Waals surface area contributed by atoms with E-state index in [9.17, 15) is 13.2 Å². The Hall–Kier alpha value is -2.19. The topological polar surface area (TPSA) is 83.7 Å². The van der Waals surface area contributed by atoms with Crippen molar-refractivity contribution >= 4 is 15.9 Å². The Morgan fingerprint density at radius 2 is 1.92 bits per heavy atom. The Labute approximate surface area is 147 Å². The third-order valence-corrected chi connectivity index (χ3v) is 6.02. The van der Waals surface area contributed by atoms with Crippen LogP contribution in [0.4, 0.5) is 0 Å². The highest BCUT2D eigenvalue weighted by Crippen LogP contribution is 2.15. The average molecular weight is 363 g/mol. The molecule has 0 bridgehead atoms. The van der Waals surface area contributed by atoms with Crippen LogP contribution >= 0.6 is 0 Å². The van der Waals surface area contributed by atoms with Gasteiger partial charge in [0.2, 0.25) is 10.0 Å². The monoisotopic (exact) mass is 363 g/mol. The summed E-state index contributed by atoms with van der Waals surface area (Å²) in [5.41, 5.74) is 1.02. The zero-order chi connectivity index (χ0) is 17.9. The number of amides is 1. The number of nitrogens with zero attached hydrogens (tertiary/aromatic N) is 3. The van der Waals surface area contributed by atoms with Gasteiger partial charge in [0.15, 0.2) is 5.69 Å². The van der Waals surface area contributed by atoms with E-state index in [0.29, 0.717) is 31.8 Å². The van der Waals surface area contributed by atoms with Crippen LogP contribution in [0.1, 0.15) is 28.2 Å². The number of rotatable bonds is 4. The minimum Gasteiger partial charge on any atom is -0.361 e. The molecule has 1 fully saturated rings. The molecule has 0 atom stereocenters. The molecule has 2 heterocycles. The average Bonchev–Trinajstić information content (AvgIpc) is 2.86. The Bertz CT molecular complexity index is 833. The van der Waals surface area contributed by atoms with Crippen LogP contribution in [0.25, 0.3) is 0 Å². The van der Waals surface area contributed by atoms with Gasteiger partial charge in [0.25, 0.3) is 5.91 Å². The molecule has 25 heavy (non-hydrogen) atoms. The van der Waals surface area contributed by atoms with Crippen molar-refractivity contribution in [1.29, 1.82) is 0 Å². The van der Waals surface area contributed by atoms with Crippen molar-refractivity contribution < 1.29 is 17.7 Å². The lowest BCUT2D eigenvalue weighted by molar-refractivity contribution is 0.0754. The molecule has 1 aliphatic rings. The fraction of sp³-hybridized carbons (Fsp3) is 0.412. The number of hydrogen-bond donors (Lipinski definition) is 0. The number of aryl methyl sites for hydroxylation is 1. The summed E-state index contributed by atoms with van der Waals surface area (Å²) in [6.45, 7) is 3.28. The quantitative estimate of drug-likeness (QED) is 0.825. The van der Waals surface area contributed by atoms with Gasteiger partial charge in [0, 0.05) is 32.2 Å². The van der Waals surface area contributed by atoms with Gasteiger partial charge < -0.3 is 9.42 Å². The molecule has 0 aliphatic carbocycles. The van der Waals surface area contributed by atoms with Gasteiger partial charge in [0.05, 0.1) is 5.75 Å². The van der Waals surface area contributed by atoms with Crippen LogP contribution < -0.4 is 0 Å². The van der Waals surface area contributed by atoms with Crippen molar-refractivity contribution in [3.63, 3.8) is 0 Å². The van der Waals surface area contributed by atoms with Gasteiger partial charge in [-0.3, -0.25) is 4.79 Å². The second-order valence-electron chi connectivity index (χ2n) is 6.11. The van der Waals surface area contributed by atoms with Crippen LogP contribution in [-0.4, -0.2) is 54.9 Å². The Kier molecular flexibility index (Phi) is 5.19. The van der Waals surface area contributed by atoms with Gasteiger partial charge in [-0.25, -0.2) is 8.42 Å². The minimum atomic E-state index is -3.41. The first kappa shape index (κ1) is 17.6. The Balaban J connectivity index is 1.65. The maximum atomic E-state index is 12.7.